The number of halogens is 2. The molecular weight excluding hydrogens is 232 g/mol. The van der Waals surface area contributed by atoms with Crippen LogP contribution >= 0.6 is 0 Å². The number of cyclic esters (lactones) is 1. The molecule has 1 aliphatic rings. The molecule has 1 saturated heterocycles. The van der Waals surface area contributed by atoms with Gasteiger partial charge >= 0.3 is 6.09 Å². The van der Waals surface area contributed by atoms with Crippen molar-refractivity contribution in [2.24, 2.45) is 0 Å². The van der Waals surface area contributed by atoms with Crippen molar-refractivity contribution in [3.63, 3.8) is 0 Å². The zero-order chi connectivity index (χ0) is 12.6. The number of aliphatic hydroxyl groups is 1. The molecule has 1 amide bonds. The van der Waals surface area contributed by atoms with Gasteiger partial charge in [0.15, 0.2) is 11.6 Å². The summed E-state index contributed by atoms with van der Waals surface area (Å²) in [7, 11) is 0. The van der Waals surface area contributed by atoms with E-state index in [1.165, 1.54) is 19.1 Å². The fourth-order valence-corrected chi connectivity index (χ4v) is 1.66. The lowest BCUT2D eigenvalue weighted by molar-refractivity contribution is 0.0963. The molecule has 1 heterocycles. The highest BCUT2D eigenvalue weighted by Crippen LogP contribution is 2.27. The highest BCUT2D eigenvalue weighted by Gasteiger charge is 2.34. The molecule has 1 atom stereocenters. The van der Waals surface area contributed by atoms with Crippen molar-refractivity contribution >= 4 is 11.8 Å². The van der Waals surface area contributed by atoms with Gasteiger partial charge in [-0.1, -0.05) is 6.07 Å². The molecule has 0 saturated carbocycles. The van der Waals surface area contributed by atoms with Crippen molar-refractivity contribution in [2.75, 3.05) is 18.1 Å². The van der Waals surface area contributed by atoms with E-state index in [-0.39, 0.29) is 24.4 Å². The first-order chi connectivity index (χ1) is 8.04. The van der Waals surface area contributed by atoms with E-state index >= 15 is 0 Å². The Morgan fingerprint density at radius 3 is 2.76 bits per heavy atom. The van der Waals surface area contributed by atoms with Gasteiger partial charge in [0.1, 0.15) is 6.10 Å². The molecule has 2 rings (SSSR count). The number of nitrogens with zero attached hydrogens (tertiary/aromatic N) is 1. The molecule has 4 nitrogen and oxygen atoms in total. The standard InChI is InChI=1S/C11H11F2NO3/c1-6-2-3-8(10(13)9(6)12)14-4-7(5-15)17-11(14)16/h2-3,7,15H,4-5H2,1H3/t7-/m1/s1. The lowest BCUT2D eigenvalue weighted by Gasteiger charge is -2.14. The minimum atomic E-state index is -1.08. The van der Waals surface area contributed by atoms with Crippen LogP contribution in [0, 0.1) is 18.6 Å². The number of aryl methyl sites for hydroxylation is 1. The Labute approximate surface area is 96.4 Å². The monoisotopic (exact) mass is 243 g/mol. The normalized spacial score (nSPS) is 19.6. The van der Waals surface area contributed by atoms with Crippen LogP contribution in [0.1, 0.15) is 5.56 Å². The molecule has 0 spiro atoms. The lowest BCUT2D eigenvalue weighted by Crippen LogP contribution is -2.26. The molecule has 6 heteroatoms. The fourth-order valence-electron chi connectivity index (χ4n) is 1.66. The van der Waals surface area contributed by atoms with E-state index < -0.39 is 23.8 Å². The number of rotatable bonds is 2. The summed E-state index contributed by atoms with van der Waals surface area (Å²) >= 11 is 0. The van der Waals surface area contributed by atoms with E-state index in [1.54, 1.807) is 0 Å². The molecule has 1 aliphatic heterocycles. The maximum atomic E-state index is 13.6. The van der Waals surface area contributed by atoms with Crippen LogP contribution < -0.4 is 4.90 Å². The second-order valence-electron chi connectivity index (χ2n) is 3.83. The van der Waals surface area contributed by atoms with Crippen LogP contribution in [0.15, 0.2) is 12.1 Å². The Balaban J connectivity index is 2.35. The van der Waals surface area contributed by atoms with Gasteiger partial charge < -0.3 is 9.84 Å². The molecule has 17 heavy (non-hydrogen) atoms. The van der Waals surface area contributed by atoms with Crippen LogP contribution in [0.2, 0.25) is 0 Å². The first kappa shape index (κ1) is 11.8. The Morgan fingerprint density at radius 2 is 2.18 bits per heavy atom. The second-order valence-corrected chi connectivity index (χ2v) is 3.83. The summed E-state index contributed by atoms with van der Waals surface area (Å²) in [6, 6.07) is 2.70. The summed E-state index contributed by atoms with van der Waals surface area (Å²) in [6.45, 7) is 1.09. The maximum absolute atomic E-state index is 13.6. The molecule has 0 aromatic heterocycles. The van der Waals surface area contributed by atoms with E-state index in [4.69, 9.17) is 9.84 Å². The second kappa shape index (κ2) is 4.29. The summed E-state index contributed by atoms with van der Waals surface area (Å²) < 4.78 is 31.7. The summed E-state index contributed by atoms with van der Waals surface area (Å²) in [4.78, 5) is 12.4. The number of carbonyl (C=O) groups is 1. The molecule has 0 bridgehead atoms. The van der Waals surface area contributed by atoms with Gasteiger partial charge in [-0.15, -0.1) is 0 Å². The quantitative estimate of drug-likeness (QED) is 0.858. The number of aliphatic hydroxyl groups excluding tert-OH is 1. The van der Waals surface area contributed by atoms with Gasteiger partial charge in [-0.3, -0.25) is 4.90 Å². The van der Waals surface area contributed by atoms with Gasteiger partial charge in [-0.2, -0.15) is 0 Å². The minimum Gasteiger partial charge on any atom is -0.441 e. The Kier molecular flexibility index (Phi) is 2.97. The van der Waals surface area contributed by atoms with Gasteiger partial charge in [0, 0.05) is 0 Å². The first-order valence-corrected chi connectivity index (χ1v) is 5.08. The topological polar surface area (TPSA) is 49.8 Å². The van der Waals surface area contributed by atoms with Crippen molar-refractivity contribution in [3.8, 4) is 0 Å². The average molecular weight is 243 g/mol. The molecule has 0 unspecified atom stereocenters. The summed E-state index contributed by atoms with van der Waals surface area (Å²) in [5.74, 6) is -2.07. The van der Waals surface area contributed by atoms with Crippen LogP contribution in [0.3, 0.4) is 0 Å². The molecule has 1 N–H and O–H groups in total. The summed E-state index contributed by atoms with van der Waals surface area (Å²) in [5, 5.41) is 8.84. The molecule has 92 valence electrons. The van der Waals surface area contributed by atoms with Gasteiger partial charge in [0.25, 0.3) is 0 Å². The summed E-state index contributed by atoms with van der Waals surface area (Å²) in [6.07, 6.45) is -1.49. The minimum absolute atomic E-state index is 0.00868. The molecular formula is C11H11F2NO3. The zero-order valence-electron chi connectivity index (χ0n) is 9.11. The number of carbonyl (C=O) groups excluding carboxylic acids is 1. The first-order valence-electron chi connectivity index (χ1n) is 5.08. The fraction of sp³-hybridized carbons (Fsp3) is 0.364. The molecule has 0 aliphatic carbocycles. The Bertz CT molecular complexity index is 464. The van der Waals surface area contributed by atoms with Gasteiger partial charge in [-0.05, 0) is 18.6 Å². The van der Waals surface area contributed by atoms with Crippen molar-refractivity contribution in [1.82, 2.24) is 0 Å². The number of benzene rings is 1. The predicted molar refractivity (Wildman–Crippen MR) is 55.8 cm³/mol. The van der Waals surface area contributed by atoms with Crippen LogP contribution in [-0.4, -0.2) is 30.5 Å². The number of amides is 1. The Hall–Kier alpha value is -1.69. The van der Waals surface area contributed by atoms with Gasteiger partial charge in [0.2, 0.25) is 0 Å². The van der Waals surface area contributed by atoms with Crippen LogP contribution in [0.4, 0.5) is 19.3 Å². The van der Waals surface area contributed by atoms with Crippen molar-refractivity contribution < 1.29 is 23.4 Å². The van der Waals surface area contributed by atoms with E-state index in [0.29, 0.717) is 0 Å². The third-order valence-electron chi connectivity index (χ3n) is 2.62. The SMILES string of the molecule is Cc1ccc(N2C[C@H](CO)OC2=O)c(F)c1F. The van der Waals surface area contributed by atoms with Gasteiger partial charge in [-0.25, -0.2) is 13.6 Å². The van der Waals surface area contributed by atoms with E-state index in [2.05, 4.69) is 0 Å². The Morgan fingerprint density at radius 1 is 1.47 bits per heavy atom. The van der Waals surface area contributed by atoms with E-state index in [0.717, 1.165) is 4.90 Å². The van der Waals surface area contributed by atoms with Gasteiger partial charge in [0.05, 0.1) is 18.8 Å². The number of anilines is 1. The predicted octanol–water partition coefficient (Wildman–Crippen LogP) is 1.59. The smallest absolute Gasteiger partial charge is 0.414 e. The number of ether oxygens (including phenoxy) is 1. The largest absolute Gasteiger partial charge is 0.441 e. The maximum Gasteiger partial charge on any atom is 0.414 e. The molecule has 1 aromatic carbocycles. The van der Waals surface area contributed by atoms with Crippen molar-refractivity contribution in [2.45, 2.75) is 13.0 Å². The average Bonchev–Trinajstić information content (AvgIpc) is 2.68. The highest BCUT2D eigenvalue weighted by molar-refractivity contribution is 5.89. The van der Waals surface area contributed by atoms with E-state index in [9.17, 15) is 13.6 Å². The zero-order valence-corrected chi connectivity index (χ0v) is 9.11. The summed E-state index contributed by atoms with van der Waals surface area (Å²) in [5.41, 5.74) is -0.00780. The molecule has 1 aromatic rings. The van der Waals surface area contributed by atoms with E-state index in [1.807, 2.05) is 0 Å². The molecule has 0 radical (unpaired) electrons. The lowest BCUT2D eigenvalue weighted by atomic mass is 10.2. The van der Waals surface area contributed by atoms with Crippen LogP contribution in [0.5, 0.6) is 0 Å². The highest BCUT2D eigenvalue weighted by atomic mass is 19.2. The third kappa shape index (κ3) is 1.95. The molecule has 1 fully saturated rings. The van der Waals surface area contributed by atoms with Crippen molar-refractivity contribution in [3.05, 3.63) is 29.3 Å². The number of hydrogen-bond donors (Lipinski definition) is 1. The van der Waals surface area contributed by atoms with Crippen LogP contribution in [0.25, 0.3) is 0 Å². The van der Waals surface area contributed by atoms with Crippen molar-refractivity contribution in [1.29, 1.82) is 0 Å². The van der Waals surface area contributed by atoms with Crippen LogP contribution in [-0.2, 0) is 4.74 Å². The number of hydrogen-bond acceptors (Lipinski definition) is 3. The third-order valence-corrected chi connectivity index (χ3v) is 2.62.